The maximum atomic E-state index is 11.8. The summed E-state index contributed by atoms with van der Waals surface area (Å²) in [6, 6.07) is 0.633. The molecule has 0 aromatic heterocycles. The predicted molar refractivity (Wildman–Crippen MR) is 45.6 cm³/mol. The van der Waals surface area contributed by atoms with Gasteiger partial charge in [0.25, 0.3) is 0 Å². The number of nitrogens with zero attached hydrogens (tertiary/aromatic N) is 1. The minimum atomic E-state index is 0.176. The molecule has 1 atom stereocenters. The zero-order chi connectivity index (χ0) is 8.18. The van der Waals surface area contributed by atoms with E-state index in [1.54, 1.807) is 0 Å². The normalized spacial score (nSPS) is 37.2. The van der Waals surface area contributed by atoms with E-state index in [9.17, 15) is 4.79 Å². The number of piperidine rings is 1. The van der Waals surface area contributed by atoms with Gasteiger partial charge in [-0.25, -0.2) is 0 Å². The summed E-state index contributed by atoms with van der Waals surface area (Å²) in [6.45, 7) is 1.05. The van der Waals surface area contributed by atoms with Gasteiger partial charge in [-0.1, -0.05) is 0 Å². The summed E-state index contributed by atoms with van der Waals surface area (Å²) < 4.78 is 0. The Bertz CT molecular complexity index is 232. The highest BCUT2D eigenvalue weighted by molar-refractivity contribution is 5.88. The molecular formula is C10H15NO. The molecule has 12 heavy (non-hydrogen) atoms. The number of carbonyl (C=O) groups is 1. The summed E-state index contributed by atoms with van der Waals surface area (Å²) in [5, 5.41) is 0. The van der Waals surface area contributed by atoms with E-state index in [1.165, 1.54) is 38.5 Å². The van der Waals surface area contributed by atoms with E-state index in [4.69, 9.17) is 0 Å². The van der Waals surface area contributed by atoms with Crippen molar-refractivity contribution in [3.63, 3.8) is 0 Å². The van der Waals surface area contributed by atoms with Crippen molar-refractivity contribution in [3.05, 3.63) is 0 Å². The molecule has 2 aliphatic heterocycles. The monoisotopic (exact) mass is 165 g/mol. The Balaban J connectivity index is 1.88. The summed E-state index contributed by atoms with van der Waals surface area (Å²) in [4.78, 5) is 14.0. The number of amides is 1. The second-order valence-corrected chi connectivity index (χ2v) is 4.63. The molecule has 1 spiro atoms. The van der Waals surface area contributed by atoms with Gasteiger partial charge in [-0.15, -0.1) is 0 Å². The molecule has 0 bridgehead atoms. The quantitative estimate of drug-likeness (QED) is 0.533. The van der Waals surface area contributed by atoms with Gasteiger partial charge in [0.1, 0.15) is 0 Å². The molecule has 0 aromatic rings. The van der Waals surface area contributed by atoms with E-state index >= 15 is 0 Å². The van der Waals surface area contributed by atoms with Crippen LogP contribution in [0.4, 0.5) is 0 Å². The first-order valence-electron chi connectivity index (χ1n) is 5.13. The standard InChI is InChI=1S/C10H15NO/c12-9-10(4-5-10)7-8-3-1-2-6-11(8)9/h8H,1-7H2/t8-/m1/s1. The number of hydrogen-bond acceptors (Lipinski definition) is 1. The first-order chi connectivity index (χ1) is 5.82. The lowest BCUT2D eigenvalue weighted by atomic mass is 9.98. The van der Waals surface area contributed by atoms with E-state index in [1.807, 2.05) is 0 Å². The topological polar surface area (TPSA) is 20.3 Å². The van der Waals surface area contributed by atoms with Gasteiger partial charge < -0.3 is 4.90 Å². The molecule has 3 fully saturated rings. The summed E-state index contributed by atoms with van der Waals surface area (Å²) >= 11 is 0. The molecule has 2 nitrogen and oxygen atoms in total. The maximum absolute atomic E-state index is 11.8. The van der Waals surface area contributed by atoms with Crippen molar-refractivity contribution in [2.75, 3.05) is 6.54 Å². The SMILES string of the molecule is O=C1N2CCCC[C@@H]2CC12CC2. The Morgan fingerprint density at radius 1 is 1.33 bits per heavy atom. The smallest absolute Gasteiger partial charge is 0.229 e. The van der Waals surface area contributed by atoms with Crippen molar-refractivity contribution >= 4 is 5.91 Å². The summed E-state index contributed by atoms with van der Waals surface area (Å²) in [7, 11) is 0. The van der Waals surface area contributed by atoms with Crippen molar-refractivity contribution in [1.29, 1.82) is 0 Å². The van der Waals surface area contributed by atoms with Crippen LogP contribution in [-0.2, 0) is 4.79 Å². The second kappa shape index (κ2) is 2.04. The highest BCUT2D eigenvalue weighted by Crippen LogP contribution is 2.56. The molecule has 2 heterocycles. The molecule has 2 saturated heterocycles. The fraction of sp³-hybridized carbons (Fsp3) is 0.900. The van der Waals surface area contributed by atoms with Gasteiger partial charge in [0.15, 0.2) is 0 Å². The third-order valence-electron chi connectivity index (χ3n) is 3.82. The molecule has 2 heteroatoms. The van der Waals surface area contributed by atoms with Crippen molar-refractivity contribution < 1.29 is 4.79 Å². The van der Waals surface area contributed by atoms with E-state index in [-0.39, 0.29) is 5.41 Å². The van der Waals surface area contributed by atoms with Crippen molar-refractivity contribution in [1.82, 2.24) is 4.90 Å². The number of rotatable bonds is 0. The van der Waals surface area contributed by atoms with Crippen LogP contribution in [0.5, 0.6) is 0 Å². The maximum Gasteiger partial charge on any atom is 0.229 e. The lowest BCUT2D eigenvalue weighted by Gasteiger charge is -2.29. The molecule has 3 aliphatic rings. The molecule has 3 rings (SSSR count). The lowest BCUT2D eigenvalue weighted by Crippen LogP contribution is -2.37. The second-order valence-electron chi connectivity index (χ2n) is 4.63. The molecule has 66 valence electrons. The number of carbonyl (C=O) groups excluding carboxylic acids is 1. The zero-order valence-electron chi connectivity index (χ0n) is 7.38. The van der Waals surface area contributed by atoms with E-state index in [0.29, 0.717) is 11.9 Å². The molecule has 1 saturated carbocycles. The van der Waals surface area contributed by atoms with Crippen molar-refractivity contribution in [3.8, 4) is 0 Å². The van der Waals surface area contributed by atoms with Gasteiger partial charge in [0.05, 0.1) is 5.41 Å². The Kier molecular flexibility index (Phi) is 1.18. The van der Waals surface area contributed by atoms with Crippen LogP contribution in [0.15, 0.2) is 0 Å². The fourth-order valence-electron chi connectivity index (χ4n) is 2.89. The number of hydrogen-bond donors (Lipinski definition) is 0. The minimum Gasteiger partial charge on any atom is -0.339 e. The summed E-state index contributed by atoms with van der Waals surface area (Å²) in [5.41, 5.74) is 0.176. The Morgan fingerprint density at radius 3 is 2.83 bits per heavy atom. The van der Waals surface area contributed by atoms with Crippen LogP contribution in [0.25, 0.3) is 0 Å². The number of fused-ring (bicyclic) bond motifs is 1. The lowest BCUT2D eigenvalue weighted by molar-refractivity contribution is -0.133. The van der Waals surface area contributed by atoms with Gasteiger partial charge in [-0.05, 0) is 38.5 Å². The van der Waals surface area contributed by atoms with Gasteiger partial charge >= 0.3 is 0 Å². The Morgan fingerprint density at radius 2 is 2.17 bits per heavy atom. The predicted octanol–water partition coefficient (Wildman–Crippen LogP) is 1.55. The van der Waals surface area contributed by atoms with Crippen LogP contribution in [0.1, 0.15) is 38.5 Å². The third-order valence-corrected chi connectivity index (χ3v) is 3.82. The largest absolute Gasteiger partial charge is 0.339 e. The van der Waals surface area contributed by atoms with Gasteiger partial charge in [-0.3, -0.25) is 4.79 Å². The van der Waals surface area contributed by atoms with Crippen LogP contribution in [0, 0.1) is 5.41 Å². The summed E-state index contributed by atoms with van der Waals surface area (Å²) in [6.07, 6.45) is 7.39. The summed E-state index contributed by atoms with van der Waals surface area (Å²) in [5.74, 6) is 0.493. The molecule has 0 unspecified atom stereocenters. The van der Waals surface area contributed by atoms with Gasteiger partial charge in [0, 0.05) is 12.6 Å². The van der Waals surface area contributed by atoms with E-state index in [2.05, 4.69) is 4.90 Å². The van der Waals surface area contributed by atoms with Crippen LogP contribution in [-0.4, -0.2) is 23.4 Å². The highest BCUT2D eigenvalue weighted by Gasteiger charge is 2.58. The molecule has 0 aromatic carbocycles. The van der Waals surface area contributed by atoms with Gasteiger partial charge in [0.2, 0.25) is 5.91 Å². The molecular weight excluding hydrogens is 150 g/mol. The van der Waals surface area contributed by atoms with Crippen LogP contribution in [0.3, 0.4) is 0 Å². The van der Waals surface area contributed by atoms with Crippen LogP contribution >= 0.6 is 0 Å². The first kappa shape index (κ1) is 6.93. The van der Waals surface area contributed by atoms with E-state index < -0.39 is 0 Å². The highest BCUT2D eigenvalue weighted by atomic mass is 16.2. The molecule has 1 aliphatic carbocycles. The van der Waals surface area contributed by atoms with Crippen molar-refractivity contribution in [2.24, 2.45) is 5.41 Å². The molecule has 0 N–H and O–H groups in total. The van der Waals surface area contributed by atoms with Crippen LogP contribution in [0.2, 0.25) is 0 Å². The molecule has 1 amide bonds. The molecule has 0 radical (unpaired) electrons. The Labute approximate surface area is 72.9 Å². The van der Waals surface area contributed by atoms with Crippen LogP contribution < -0.4 is 0 Å². The average molecular weight is 165 g/mol. The first-order valence-corrected chi connectivity index (χ1v) is 5.13. The fourth-order valence-corrected chi connectivity index (χ4v) is 2.89. The van der Waals surface area contributed by atoms with Crippen molar-refractivity contribution in [2.45, 2.75) is 44.6 Å². The van der Waals surface area contributed by atoms with E-state index in [0.717, 1.165) is 6.54 Å². The van der Waals surface area contributed by atoms with Gasteiger partial charge in [-0.2, -0.15) is 0 Å². The third kappa shape index (κ3) is 0.732. The minimum absolute atomic E-state index is 0.176. The Hall–Kier alpha value is -0.530. The zero-order valence-corrected chi connectivity index (χ0v) is 7.38. The average Bonchev–Trinajstić information content (AvgIpc) is 2.79.